The third-order valence-corrected chi connectivity index (χ3v) is 4.85. The Morgan fingerprint density at radius 1 is 1.04 bits per heavy atom. The summed E-state index contributed by atoms with van der Waals surface area (Å²) in [6.07, 6.45) is 0. The number of nitrogens with zero attached hydrogens (tertiary/aromatic N) is 3. The molecule has 2 heterocycles. The van der Waals surface area contributed by atoms with Gasteiger partial charge in [-0.3, -0.25) is 0 Å². The average molecular weight is 431 g/mol. The number of azide groups is 1. The summed E-state index contributed by atoms with van der Waals surface area (Å²) >= 11 is 9.79. The fourth-order valence-corrected chi connectivity index (χ4v) is 3.46. The van der Waals surface area contributed by atoms with Crippen LogP contribution in [0.15, 0.2) is 52.1 Å². The molecule has 0 fully saturated rings. The molecule has 2 N–H and O–H groups in total. The van der Waals surface area contributed by atoms with Crippen LogP contribution in [0, 0.1) is 0 Å². The zero-order valence-corrected chi connectivity index (χ0v) is 15.8. The molecule has 6 nitrogen and oxygen atoms in total. The minimum Gasteiger partial charge on any atom is -0.492 e. The van der Waals surface area contributed by atoms with E-state index in [4.69, 9.17) is 21.9 Å². The summed E-state index contributed by atoms with van der Waals surface area (Å²) in [5, 5.41) is 6.10. The number of aromatic amines is 2. The summed E-state index contributed by atoms with van der Waals surface area (Å²) in [5.41, 5.74) is 12.3. The normalized spacial score (nSPS) is 11.0. The molecule has 0 saturated heterocycles. The first kappa shape index (κ1) is 16.8. The quantitative estimate of drug-likeness (QED) is 0.163. The fraction of sp³-hybridized carbons (Fsp3) is 0.111. The number of nitrogens with one attached hydrogen (secondary N) is 2. The van der Waals surface area contributed by atoms with E-state index in [2.05, 4.69) is 48.1 Å². The molecule has 0 radical (unpaired) electrons. The molecular formula is C18H13BrClN5O. The number of hydrogen-bond donors (Lipinski definition) is 2. The van der Waals surface area contributed by atoms with Crippen molar-refractivity contribution in [3.63, 3.8) is 0 Å². The highest BCUT2D eigenvalue weighted by molar-refractivity contribution is 9.10. The van der Waals surface area contributed by atoms with E-state index in [1.807, 2.05) is 30.3 Å². The van der Waals surface area contributed by atoms with Crippen LogP contribution in [0.5, 0.6) is 5.75 Å². The third kappa shape index (κ3) is 3.24. The van der Waals surface area contributed by atoms with Crippen molar-refractivity contribution in [3.05, 3.63) is 62.4 Å². The SMILES string of the molecule is [N-]=[N+]=NCCOc1cc2[nH]c(-c3cc4ccc(Br)cc4[nH]3)cc2cc1Cl. The fourth-order valence-electron chi connectivity index (χ4n) is 2.87. The molecule has 0 spiro atoms. The Bertz CT molecular complexity index is 1160. The van der Waals surface area contributed by atoms with Crippen LogP contribution >= 0.6 is 27.5 Å². The Hall–Kier alpha value is -2.60. The van der Waals surface area contributed by atoms with E-state index in [0.717, 1.165) is 37.7 Å². The van der Waals surface area contributed by atoms with Gasteiger partial charge in [0.25, 0.3) is 0 Å². The molecule has 2 aromatic carbocycles. The van der Waals surface area contributed by atoms with Gasteiger partial charge in [0.15, 0.2) is 0 Å². The molecule has 8 heteroatoms. The first-order valence-electron chi connectivity index (χ1n) is 7.88. The van der Waals surface area contributed by atoms with Gasteiger partial charge in [-0.2, -0.15) is 0 Å². The Balaban J connectivity index is 1.68. The Morgan fingerprint density at radius 3 is 2.54 bits per heavy atom. The highest BCUT2D eigenvalue weighted by atomic mass is 79.9. The van der Waals surface area contributed by atoms with Gasteiger partial charge in [-0.25, -0.2) is 0 Å². The number of aromatic nitrogens is 2. The largest absolute Gasteiger partial charge is 0.492 e. The van der Waals surface area contributed by atoms with Crippen molar-refractivity contribution >= 4 is 49.3 Å². The molecule has 0 aliphatic rings. The zero-order valence-electron chi connectivity index (χ0n) is 13.5. The van der Waals surface area contributed by atoms with E-state index in [1.54, 1.807) is 0 Å². The maximum atomic E-state index is 8.30. The Labute approximate surface area is 161 Å². The summed E-state index contributed by atoms with van der Waals surface area (Å²) in [5.74, 6) is 0.557. The number of rotatable bonds is 5. The standard InChI is InChI=1S/C18H13BrClN5O/c19-12-2-1-10-6-16(23-14(10)8-12)17-7-11-5-13(20)18(9-15(11)24-17)26-4-3-22-25-21/h1-2,5-9,23-24H,3-4H2. The van der Waals surface area contributed by atoms with Crippen molar-refractivity contribution in [2.24, 2.45) is 5.11 Å². The summed E-state index contributed by atoms with van der Waals surface area (Å²) in [4.78, 5) is 9.51. The van der Waals surface area contributed by atoms with Crippen LogP contribution in [0.2, 0.25) is 5.02 Å². The van der Waals surface area contributed by atoms with Gasteiger partial charge < -0.3 is 14.7 Å². The minimum atomic E-state index is 0.255. The molecule has 0 atom stereocenters. The van der Waals surface area contributed by atoms with Crippen molar-refractivity contribution in [3.8, 4) is 17.1 Å². The van der Waals surface area contributed by atoms with E-state index < -0.39 is 0 Å². The van der Waals surface area contributed by atoms with Crippen molar-refractivity contribution in [1.82, 2.24) is 9.97 Å². The maximum absolute atomic E-state index is 8.30. The van der Waals surface area contributed by atoms with Gasteiger partial charge in [0, 0.05) is 37.3 Å². The molecule has 0 aliphatic heterocycles. The first-order chi connectivity index (χ1) is 12.6. The molecule has 4 rings (SSSR count). The minimum absolute atomic E-state index is 0.255. The van der Waals surface area contributed by atoms with Crippen LogP contribution in [0.1, 0.15) is 0 Å². The van der Waals surface area contributed by atoms with Gasteiger partial charge in [0.05, 0.1) is 29.6 Å². The van der Waals surface area contributed by atoms with Gasteiger partial charge in [-0.15, -0.1) is 0 Å². The molecule has 130 valence electrons. The van der Waals surface area contributed by atoms with Crippen molar-refractivity contribution in [2.75, 3.05) is 13.2 Å². The molecular weight excluding hydrogens is 418 g/mol. The van der Waals surface area contributed by atoms with Gasteiger partial charge in [-0.05, 0) is 35.9 Å². The van der Waals surface area contributed by atoms with E-state index in [0.29, 0.717) is 10.8 Å². The Kier molecular flexibility index (Phi) is 4.51. The van der Waals surface area contributed by atoms with Crippen molar-refractivity contribution < 1.29 is 4.74 Å². The zero-order chi connectivity index (χ0) is 18.1. The summed E-state index contributed by atoms with van der Waals surface area (Å²) in [7, 11) is 0. The second-order valence-electron chi connectivity index (χ2n) is 5.77. The number of H-pyrrole nitrogens is 2. The van der Waals surface area contributed by atoms with Crippen LogP contribution in [0.4, 0.5) is 0 Å². The Morgan fingerprint density at radius 2 is 1.77 bits per heavy atom. The smallest absolute Gasteiger partial charge is 0.139 e. The lowest BCUT2D eigenvalue weighted by Gasteiger charge is -2.06. The summed E-state index contributed by atoms with van der Waals surface area (Å²) in [6.45, 7) is 0.533. The van der Waals surface area contributed by atoms with E-state index in [1.165, 1.54) is 0 Å². The van der Waals surface area contributed by atoms with Crippen molar-refractivity contribution in [2.45, 2.75) is 0 Å². The molecule has 0 saturated carbocycles. The topological polar surface area (TPSA) is 89.6 Å². The number of benzene rings is 2. The third-order valence-electron chi connectivity index (χ3n) is 4.06. The predicted octanol–water partition coefficient (Wildman–Crippen LogP) is 6.42. The molecule has 4 aromatic rings. The number of hydrogen-bond acceptors (Lipinski definition) is 2. The lowest BCUT2D eigenvalue weighted by Crippen LogP contribution is -2.00. The number of fused-ring (bicyclic) bond motifs is 2. The molecule has 0 amide bonds. The van der Waals surface area contributed by atoms with Gasteiger partial charge in [0.2, 0.25) is 0 Å². The van der Waals surface area contributed by atoms with E-state index in [-0.39, 0.29) is 13.2 Å². The van der Waals surface area contributed by atoms with E-state index in [9.17, 15) is 0 Å². The highest BCUT2D eigenvalue weighted by Crippen LogP contribution is 2.33. The van der Waals surface area contributed by atoms with E-state index >= 15 is 0 Å². The number of ether oxygens (including phenoxy) is 1. The second kappa shape index (κ2) is 6.96. The predicted molar refractivity (Wildman–Crippen MR) is 108 cm³/mol. The first-order valence-corrected chi connectivity index (χ1v) is 9.06. The summed E-state index contributed by atoms with van der Waals surface area (Å²) < 4.78 is 6.63. The van der Waals surface area contributed by atoms with Crippen LogP contribution in [-0.4, -0.2) is 23.1 Å². The van der Waals surface area contributed by atoms with Crippen LogP contribution in [0.3, 0.4) is 0 Å². The average Bonchev–Trinajstić information content (AvgIpc) is 3.21. The second-order valence-corrected chi connectivity index (χ2v) is 7.09. The molecule has 2 aromatic heterocycles. The van der Waals surface area contributed by atoms with Gasteiger partial charge in [0.1, 0.15) is 5.75 Å². The van der Waals surface area contributed by atoms with Gasteiger partial charge >= 0.3 is 0 Å². The summed E-state index contributed by atoms with van der Waals surface area (Å²) in [6, 6.07) is 14.0. The van der Waals surface area contributed by atoms with Gasteiger partial charge in [-0.1, -0.05) is 38.7 Å². The monoisotopic (exact) mass is 429 g/mol. The number of halogens is 2. The maximum Gasteiger partial charge on any atom is 0.139 e. The lowest BCUT2D eigenvalue weighted by molar-refractivity contribution is 0.329. The van der Waals surface area contributed by atoms with Crippen molar-refractivity contribution in [1.29, 1.82) is 0 Å². The van der Waals surface area contributed by atoms with Crippen LogP contribution in [0.25, 0.3) is 43.6 Å². The highest BCUT2D eigenvalue weighted by Gasteiger charge is 2.10. The molecule has 26 heavy (non-hydrogen) atoms. The lowest BCUT2D eigenvalue weighted by atomic mass is 10.2. The van der Waals surface area contributed by atoms with Crippen LogP contribution < -0.4 is 4.74 Å². The molecule has 0 unspecified atom stereocenters. The molecule has 0 bridgehead atoms. The molecule has 0 aliphatic carbocycles. The van der Waals surface area contributed by atoms with Crippen LogP contribution in [-0.2, 0) is 0 Å².